The van der Waals surface area contributed by atoms with E-state index in [1.54, 1.807) is 0 Å². The van der Waals surface area contributed by atoms with Crippen LogP contribution in [0, 0.1) is 6.07 Å². The van der Waals surface area contributed by atoms with Gasteiger partial charge in [0.25, 0.3) is 0 Å². The molecule has 4 aromatic carbocycles. The minimum atomic E-state index is -3.01. The Labute approximate surface area is 233 Å². The zero-order chi connectivity index (χ0) is 24.9. The Bertz CT molecular complexity index is 1710. The van der Waals surface area contributed by atoms with Crippen LogP contribution in [0.4, 0.5) is 0 Å². The Kier molecular flexibility index (Phi) is 5.59. The molecule has 6 heteroatoms. The Hall–Kier alpha value is -2.40. The van der Waals surface area contributed by atoms with E-state index in [1.807, 2.05) is 12.1 Å². The van der Waals surface area contributed by atoms with Gasteiger partial charge in [-0.25, -0.2) is 0 Å². The van der Waals surface area contributed by atoms with Gasteiger partial charge in [-0.15, -0.1) is 28.1 Å². The summed E-state index contributed by atoms with van der Waals surface area (Å²) in [4.78, 5) is 5.04. The number of hydrogen-bond donors (Lipinski definition) is 0. The van der Waals surface area contributed by atoms with Crippen LogP contribution in [0.15, 0.2) is 91.0 Å². The molecule has 1 atom stereocenters. The predicted octanol–water partition coefficient (Wildman–Crippen LogP) is 3.61. The van der Waals surface area contributed by atoms with Crippen LogP contribution in [-0.2, 0) is 24.7 Å². The number of hydrogen-bond acceptors (Lipinski definition) is 2. The van der Waals surface area contributed by atoms with E-state index in [-0.39, 0.29) is 20.1 Å². The Morgan fingerprint density at radius 3 is 2.00 bits per heavy atom. The van der Waals surface area contributed by atoms with E-state index < -0.39 is 23.3 Å². The molecule has 5 aromatic rings. The van der Waals surface area contributed by atoms with Crippen molar-refractivity contribution in [3.8, 4) is 11.3 Å². The summed E-state index contributed by atoms with van der Waals surface area (Å²) in [5.41, 5.74) is 2.96. The van der Waals surface area contributed by atoms with Gasteiger partial charge in [0.05, 0.1) is 21.7 Å². The fourth-order valence-electron chi connectivity index (χ4n) is 6.39. The minimum Gasteiger partial charge on any atom is -0.319 e. The van der Waals surface area contributed by atoms with E-state index in [0.29, 0.717) is 0 Å². The second kappa shape index (κ2) is 8.30. The maximum Gasteiger partial charge on any atom is 0.134 e. The van der Waals surface area contributed by atoms with Crippen molar-refractivity contribution >= 4 is 70.9 Å². The fourth-order valence-corrected chi connectivity index (χ4v) is 20.1. The molecule has 0 N–H and O–H groups in total. The standard InChI is InChI=1S/C31H27NOPSi2.Ir/c1-35(2)27-15-9-7-13-25(27)34(33)26-14-8-10-16-28(26)36(3,4)30-20-22(19-29(35)31(30)34)24-18-17-21-11-5-6-12-23(21)32-24;/h5-19H,1-4H3;/q-1;. The summed E-state index contributed by atoms with van der Waals surface area (Å²) in [7, 11) is -7.31. The molecule has 1 aromatic heterocycles. The molecule has 0 fully saturated rings. The van der Waals surface area contributed by atoms with Crippen LogP contribution < -0.4 is 36.7 Å². The maximum atomic E-state index is 15.5. The van der Waals surface area contributed by atoms with E-state index in [4.69, 9.17) is 4.98 Å². The SMILES string of the molecule is C[Si]1(C)c2[c-]c(-c3ccc4ccccc4n3)cc3c2P(=O)(c2ccccc21)c1ccccc1[Si]3(C)C.[Ir]. The van der Waals surface area contributed by atoms with Gasteiger partial charge in [-0.1, -0.05) is 110 Å². The summed E-state index contributed by atoms with van der Waals surface area (Å²) in [5, 5.41) is 9.44. The second-order valence-corrected chi connectivity index (χ2v) is 22.3. The van der Waals surface area contributed by atoms with Crippen LogP contribution >= 0.6 is 7.14 Å². The quantitative estimate of drug-likeness (QED) is 0.152. The second-order valence-electron chi connectivity index (χ2n) is 11.1. The van der Waals surface area contributed by atoms with Crippen molar-refractivity contribution in [2.24, 2.45) is 0 Å². The summed E-state index contributed by atoms with van der Waals surface area (Å²) in [5.74, 6) is 0. The van der Waals surface area contributed by atoms with Gasteiger partial charge in [0.15, 0.2) is 0 Å². The third kappa shape index (κ3) is 3.25. The first-order valence-electron chi connectivity index (χ1n) is 12.5. The zero-order valence-electron chi connectivity index (χ0n) is 21.3. The van der Waals surface area contributed by atoms with Gasteiger partial charge in [0.1, 0.15) is 7.14 Å². The van der Waals surface area contributed by atoms with E-state index in [0.717, 1.165) is 38.1 Å². The molecule has 0 spiro atoms. The molecule has 0 amide bonds. The monoisotopic (exact) mass is 709 g/mol. The van der Waals surface area contributed by atoms with Crippen molar-refractivity contribution in [2.75, 3.05) is 0 Å². The van der Waals surface area contributed by atoms with Crippen molar-refractivity contribution in [3.63, 3.8) is 0 Å². The molecule has 2 aliphatic heterocycles. The first-order valence-corrected chi connectivity index (χ1v) is 20.2. The summed E-state index contributed by atoms with van der Waals surface area (Å²) < 4.78 is 15.5. The van der Waals surface area contributed by atoms with E-state index in [1.165, 1.54) is 20.7 Å². The van der Waals surface area contributed by atoms with Crippen molar-refractivity contribution in [1.82, 2.24) is 4.98 Å². The Balaban J connectivity index is 0.00000252. The van der Waals surface area contributed by atoms with Gasteiger partial charge >= 0.3 is 0 Å². The molecule has 0 saturated heterocycles. The topological polar surface area (TPSA) is 30.0 Å². The Morgan fingerprint density at radius 2 is 1.30 bits per heavy atom. The fraction of sp³-hybridized carbons (Fsp3) is 0.129. The zero-order valence-corrected chi connectivity index (χ0v) is 26.6. The first-order chi connectivity index (χ1) is 17.2. The average molecular weight is 709 g/mol. The number of nitrogens with zero attached hydrogens (tertiary/aromatic N) is 1. The predicted molar refractivity (Wildman–Crippen MR) is 159 cm³/mol. The van der Waals surface area contributed by atoms with E-state index in [9.17, 15) is 0 Å². The van der Waals surface area contributed by atoms with Gasteiger partial charge in [0.2, 0.25) is 0 Å². The van der Waals surface area contributed by atoms with Crippen molar-refractivity contribution in [2.45, 2.75) is 26.2 Å². The summed E-state index contributed by atoms with van der Waals surface area (Å²) in [6.07, 6.45) is 0. The molecule has 1 unspecified atom stereocenters. The van der Waals surface area contributed by atoms with Crippen LogP contribution in [0.25, 0.3) is 22.2 Å². The van der Waals surface area contributed by atoms with Gasteiger partial charge in [-0.2, -0.15) is 0 Å². The van der Waals surface area contributed by atoms with Crippen LogP contribution in [0.5, 0.6) is 0 Å². The Morgan fingerprint density at radius 1 is 0.703 bits per heavy atom. The molecular formula is C31H27IrNOPSi2-. The molecule has 0 bridgehead atoms. The van der Waals surface area contributed by atoms with Crippen molar-refractivity contribution in [1.29, 1.82) is 0 Å². The van der Waals surface area contributed by atoms with Gasteiger partial charge in [-0.3, -0.25) is 4.98 Å². The van der Waals surface area contributed by atoms with E-state index in [2.05, 4.69) is 111 Å². The third-order valence-electron chi connectivity index (χ3n) is 8.36. The summed E-state index contributed by atoms with van der Waals surface area (Å²) in [6, 6.07) is 35.7. The van der Waals surface area contributed by atoms with Gasteiger partial charge in [-0.05, 0) is 27.5 Å². The number of rotatable bonds is 1. The van der Waals surface area contributed by atoms with Crippen LogP contribution in [-0.4, -0.2) is 21.1 Å². The molecule has 0 aliphatic carbocycles. The minimum absolute atomic E-state index is 0. The average Bonchev–Trinajstić information content (AvgIpc) is 2.90. The van der Waals surface area contributed by atoms with Gasteiger partial charge < -0.3 is 4.57 Å². The number of para-hydroxylation sites is 1. The molecular weight excluding hydrogens is 682 g/mol. The summed E-state index contributed by atoms with van der Waals surface area (Å²) >= 11 is 0. The van der Waals surface area contributed by atoms with Crippen LogP contribution in [0.1, 0.15) is 0 Å². The molecule has 2 nitrogen and oxygen atoms in total. The molecule has 0 saturated carbocycles. The molecule has 185 valence electrons. The largest absolute Gasteiger partial charge is 0.319 e. The number of aromatic nitrogens is 1. The number of benzene rings is 4. The first kappa shape index (κ1) is 24.9. The molecule has 7 rings (SSSR count). The normalized spacial score (nSPS) is 19.8. The smallest absolute Gasteiger partial charge is 0.134 e. The molecule has 2 aliphatic rings. The number of fused-ring (bicyclic) bond motifs is 5. The summed E-state index contributed by atoms with van der Waals surface area (Å²) in [6.45, 7) is 9.62. The number of pyridine rings is 1. The van der Waals surface area contributed by atoms with Gasteiger partial charge in [0, 0.05) is 30.7 Å². The molecule has 37 heavy (non-hydrogen) atoms. The molecule has 1 radical (unpaired) electrons. The van der Waals surface area contributed by atoms with Crippen LogP contribution in [0.2, 0.25) is 26.2 Å². The van der Waals surface area contributed by atoms with Crippen molar-refractivity contribution in [3.05, 3.63) is 97.1 Å². The molecule has 3 heterocycles. The van der Waals surface area contributed by atoms with Crippen LogP contribution in [0.3, 0.4) is 0 Å². The maximum absolute atomic E-state index is 15.5. The third-order valence-corrected chi connectivity index (χ3v) is 19.4. The van der Waals surface area contributed by atoms with E-state index >= 15 is 4.57 Å². The van der Waals surface area contributed by atoms with Crippen molar-refractivity contribution < 1.29 is 24.7 Å².